The van der Waals surface area contributed by atoms with Crippen LogP contribution in [0.5, 0.6) is 0 Å². The Hall–Kier alpha value is -2.38. The van der Waals surface area contributed by atoms with E-state index < -0.39 is 10.0 Å². The Balaban J connectivity index is 2.07. The summed E-state index contributed by atoms with van der Waals surface area (Å²) in [4.78, 5) is 12.3. The predicted octanol–water partition coefficient (Wildman–Crippen LogP) is 2.47. The molecule has 0 radical (unpaired) electrons. The fourth-order valence-electron chi connectivity index (χ4n) is 2.21. The number of sulfonamides is 1. The number of hydrogen-bond acceptors (Lipinski definition) is 4. The number of carbonyl (C=O) groups excluding carboxylic acids is 1. The normalized spacial score (nSPS) is 11.3. The summed E-state index contributed by atoms with van der Waals surface area (Å²) >= 11 is 0. The zero-order valence-electron chi connectivity index (χ0n) is 13.7. The summed E-state index contributed by atoms with van der Waals surface area (Å²) in [5.41, 5.74) is 6.50. The molecule has 0 saturated heterocycles. The van der Waals surface area contributed by atoms with Crippen molar-refractivity contribution >= 4 is 21.6 Å². The summed E-state index contributed by atoms with van der Waals surface area (Å²) in [7, 11) is -3.51. The molecule has 0 aliphatic rings. The zero-order valence-corrected chi connectivity index (χ0v) is 14.5. The summed E-state index contributed by atoms with van der Waals surface area (Å²) < 4.78 is 26.2. The largest absolute Gasteiger partial charge is 0.298 e. The molecule has 0 fully saturated rings. The van der Waals surface area contributed by atoms with Crippen LogP contribution in [0.2, 0.25) is 0 Å². The van der Waals surface area contributed by atoms with Gasteiger partial charge >= 0.3 is 0 Å². The Bertz CT molecular complexity index is 770. The van der Waals surface area contributed by atoms with E-state index in [1.807, 2.05) is 30.3 Å². The van der Waals surface area contributed by atoms with E-state index >= 15 is 0 Å². The first kappa shape index (κ1) is 18.0. The number of hydrogen-bond donors (Lipinski definition) is 2. The van der Waals surface area contributed by atoms with E-state index in [4.69, 9.17) is 0 Å². The van der Waals surface area contributed by atoms with Crippen LogP contribution in [0.25, 0.3) is 0 Å². The molecular weight excluding hydrogens is 326 g/mol. The fraction of sp³-hybridized carbons (Fsp3) is 0.235. The number of nitrogens with zero attached hydrogens (tertiary/aromatic N) is 1. The van der Waals surface area contributed by atoms with Crippen molar-refractivity contribution in [2.75, 3.05) is 18.5 Å². The van der Waals surface area contributed by atoms with Crippen LogP contribution in [-0.2, 0) is 10.0 Å². The minimum Gasteiger partial charge on any atom is -0.298 e. The van der Waals surface area contributed by atoms with Gasteiger partial charge in [0.2, 0.25) is 10.0 Å². The van der Waals surface area contributed by atoms with Gasteiger partial charge in [-0.25, -0.2) is 8.42 Å². The predicted molar refractivity (Wildman–Crippen MR) is 94.1 cm³/mol. The monoisotopic (exact) mass is 347 g/mol. The molecule has 6 nitrogen and oxygen atoms in total. The third kappa shape index (κ3) is 4.12. The van der Waals surface area contributed by atoms with Crippen molar-refractivity contribution in [2.45, 2.75) is 18.7 Å². The number of hydrazine groups is 1. The Kier molecular flexibility index (Phi) is 5.94. The van der Waals surface area contributed by atoms with Gasteiger partial charge in [0.05, 0.1) is 10.6 Å². The molecule has 0 unspecified atom stereocenters. The summed E-state index contributed by atoms with van der Waals surface area (Å²) in [6.45, 7) is 4.39. The maximum Gasteiger partial charge on any atom is 0.269 e. The lowest BCUT2D eigenvalue weighted by atomic mass is 10.2. The van der Waals surface area contributed by atoms with Crippen LogP contribution in [0.1, 0.15) is 24.2 Å². The summed E-state index contributed by atoms with van der Waals surface area (Å²) in [5.74, 6) is -0.342. The fourth-order valence-corrected chi connectivity index (χ4v) is 3.67. The van der Waals surface area contributed by atoms with Gasteiger partial charge in [0.15, 0.2) is 0 Å². The molecule has 0 atom stereocenters. The Morgan fingerprint density at radius 1 is 0.958 bits per heavy atom. The molecule has 7 heteroatoms. The van der Waals surface area contributed by atoms with Crippen molar-refractivity contribution in [2.24, 2.45) is 0 Å². The topological polar surface area (TPSA) is 78.5 Å². The Morgan fingerprint density at radius 2 is 1.54 bits per heavy atom. The minimum absolute atomic E-state index is 0.179. The Morgan fingerprint density at radius 3 is 2.08 bits per heavy atom. The van der Waals surface area contributed by atoms with Crippen molar-refractivity contribution in [3.63, 3.8) is 0 Å². The average Bonchev–Trinajstić information content (AvgIpc) is 2.61. The SMILES string of the molecule is CCN(CC)S(=O)(=O)c1ccc(C(=O)NNc2ccccc2)cc1. The first-order valence-corrected chi connectivity index (χ1v) is 9.14. The van der Waals surface area contributed by atoms with Crippen LogP contribution >= 0.6 is 0 Å². The minimum atomic E-state index is -3.51. The van der Waals surface area contributed by atoms with Gasteiger partial charge < -0.3 is 0 Å². The summed E-state index contributed by atoms with van der Waals surface area (Å²) in [5, 5.41) is 0. The molecule has 0 saturated carbocycles. The summed E-state index contributed by atoms with van der Waals surface area (Å²) in [6.07, 6.45) is 0. The third-order valence-electron chi connectivity index (χ3n) is 3.55. The molecule has 2 aromatic carbocycles. The molecule has 2 aromatic rings. The van der Waals surface area contributed by atoms with Crippen LogP contribution in [-0.4, -0.2) is 31.7 Å². The second-order valence-corrected chi connectivity index (χ2v) is 7.00. The van der Waals surface area contributed by atoms with E-state index in [-0.39, 0.29) is 10.8 Å². The van der Waals surface area contributed by atoms with E-state index in [1.165, 1.54) is 28.6 Å². The number of carbonyl (C=O) groups is 1. The number of anilines is 1. The van der Waals surface area contributed by atoms with Crippen LogP contribution in [0.4, 0.5) is 5.69 Å². The maximum absolute atomic E-state index is 12.4. The van der Waals surface area contributed by atoms with Crippen LogP contribution < -0.4 is 10.9 Å². The van der Waals surface area contributed by atoms with E-state index in [2.05, 4.69) is 10.9 Å². The van der Waals surface area contributed by atoms with Crippen molar-refractivity contribution in [3.05, 3.63) is 60.2 Å². The van der Waals surface area contributed by atoms with Crippen molar-refractivity contribution in [1.82, 2.24) is 9.73 Å². The Labute approximate surface area is 142 Å². The van der Waals surface area contributed by atoms with Crippen molar-refractivity contribution in [1.29, 1.82) is 0 Å². The molecule has 0 aliphatic heterocycles. The van der Waals surface area contributed by atoms with Gasteiger partial charge in [0.25, 0.3) is 5.91 Å². The highest BCUT2D eigenvalue weighted by Gasteiger charge is 2.21. The van der Waals surface area contributed by atoms with Gasteiger partial charge in [-0.05, 0) is 36.4 Å². The summed E-state index contributed by atoms with van der Waals surface area (Å²) in [6, 6.07) is 15.1. The van der Waals surface area contributed by atoms with Crippen molar-refractivity contribution < 1.29 is 13.2 Å². The molecule has 128 valence electrons. The van der Waals surface area contributed by atoms with Crippen LogP contribution in [0.15, 0.2) is 59.5 Å². The lowest BCUT2D eigenvalue weighted by molar-refractivity contribution is 0.0962. The lowest BCUT2D eigenvalue weighted by Crippen LogP contribution is -2.31. The number of rotatable bonds is 7. The van der Waals surface area contributed by atoms with Gasteiger partial charge in [-0.3, -0.25) is 15.6 Å². The first-order chi connectivity index (χ1) is 11.5. The van der Waals surface area contributed by atoms with E-state index in [0.29, 0.717) is 18.7 Å². The standard InChI is InChI=1S/C17H21N3O3S/c1-3-20(4-2)24(22,23)16-12-10-14(11-13-16)17(21)19-18-15-8-6-5-7-9-15/h5-13,18H,3-4H2,1-2H3,(H,19,21). The molecule has 0 bridgehead atoms. The highest BCUT2D eigenvalue weighted by atomic mass is 32.2. The molecule has 24 heavy (non-hydrogen) atoms. The average molecular weight is 347 g/mol. The van der Waals surface area contributed by atoms with Gasteiger partial charge in [-0.15, -0.1) is 0 Å². The number of amides is 1. The molecule has 0 aromatic heterocycles. The number of para-hydroxylation sites is 1. The van der Waals surface area contributed by atoms with Gasteiger partial charge in [-0.1, -0.05) is 32.0 Å². The van der Waals surface area contributed by atoms with E-state index in [1.54, 1.807) is 13.8 Å². The third-order valence-corrected chi connectivity index (χ3v) is 5.62. The molecule has 1 amide bonds. The second-order valence-electron chi connectivity index (χ2n) is 5.06. The molecule has 2 N–H and O–H groups in total. The van der Waals surface area contributed by atoms with Crippen molar-refractivity contribution in [3.8, 4) is 0 Å². The first-order valence-electron chi connectivity index (χ1n) is 7.70. The van der Waals surface area contributed by atoms with E-state index in [9.17, 15) is 13.2 Å². The second kappa shape index (κ2) is 7.94. The van der Waals surface area contributed by atoms with E-state index in [0.717, 1.165) is 5.69 Å². The molecule has 0 heterocycles. The zero-order chi connectivity index (χ0) is 17.6. The smallest absolute Gasteiger partial charge is 0.269 e. The van der Waals surface area contributed by atoms with Crippen LogP contribution in [0, 0.1) is 0 Å². The highest BCUT2D eigenvalue weighted by molar-refractivity contribution is 7.89. The molecule has 0 spiro atoms. The number of benzene rings is 2. The van der Waals surface area contributed by atoms with Crippen LogP contribution in [0.3, 0.4) is 0 Å². The van der Waals surface area contributed by atoms with Gasteiger partial charge in [0.1, 0.15) is 0 Å². The highest BCUT2D eigenvalue weighted by Crippen LogP contribution is 2.16. The lowest BCUT2D eigenvalue weighted by Gasteiger charge is -2.18. The number of nitrogens with one attached hydrogen (secondary N) is 2. The molecule has 2 rings (SSSR count). The van der Waals surface area contributed by atoms with Gasteiger partial charge in [0, 0.05) is 18.7 Å². The molecular formula is C17H21N3O3S. The molecule has 0 aliphatic carbocycles. The van der Waals surface area contributed by atoms with Gasteiger partial charge in [-0.2, -0.15) is 4.31 Å². The quantitative estimate of drug-likeness (QED) is 0.754. The maximum atomic E-state index is 12.4.